The average Bonchev–Trinajstić information content (AvgIpc) is 3.46. The van der Waals surface area contributed by atoms with Crippen LogP contribution in [-0.2, 0) is 9.59 Å². The topological polar surface area (TPSA) is 106 Å². The molecule has 8 heteroatoms. The number of nitro groups is 1. The number of nitrogens with zero attached hydrogens (tertiary/aromatic N) is 3. The van der Waals surface area contributed by atoms with Gasteiger partial charge in [0.05, 0.1) is 23.0 Å². The summed E-state index contributed by atoms with van der Waals surface area (Å²) in [5.41, 5.74) is 1.14. The van der Waals surface area contributed by atoms with Crippen LogP contribution in [0.3, 0.4) is 0 Å². The van der Waals surface area contributed by atoms with Crippen LogP contribution in [0, 0.1) is 40.7 Å². The third-order valence-electron chi connectivity index (χ3n) is 6.06. The Morgan fingerprint density at radius 2 is 1.83 bits per heavy atom. The van der Waals surface area contributed by atoms with Gasteiger partial charge in [0.15, 0.2) is 0 Å². The Morgan fingerprint density at radius 3 is 2.48 bits per heavy atom. The SMILES string of the molecule is Cc1ccc(-c2ccc(/C=N\N3C(=O)[C@@H]4[C@H](C3=O)[C@@H]3C=C[C@@H]4C3)o2)cc1[N+](=O)[O-]. The molecule has 3 aliphatic rings. The van der Waals surface area contributed by atoms with Gasteiger partial charge in [0, 0.05) is 17.2 Å². The minimum absolute atomic E-state index is 0.0113. The van der Waals surface area contributed by atoms with Crippen LogP contribution in [0.15, 0.2) is 52.0 Å². The highest BCUT2D eigenvalue weighted by atomic mass is 16.6. The van der Waals surface area contributed by atoms with Crippen LogP contribution < -0.4 is 0 Å². The predicted octanol–water partition coefficient (Wildman–Crippen LogP) is 3.30. The van der Waals surface area contributed by atoms with Gasteiger partial charge in [-0.1, -0.05) is 24.3 Å². The number of hydrazone groups is 1. The van der Waals surface area contributed by atoms with Crippen molar-refractivity contribution in [3.63, 3.8) is 0 Å². The van der Waals surface area contributed by atoms with Gasteiger partial charge in [-0.05, 0) is 37.3 Å². The molecule has 2 aromatic rings. The van der Waals surface area contributed by atoms with Crippen molar-refractivity contribution in [3.05, 3.63) is 63.9 Å². The molecule has 2 heterocycles. The zero-order chi connectivity index (χ0) is 20.3. The maximum atomic E-state index is 12.6. The summed E-state index contributed by atoms with van der Waals surface area (Å²) in [4.78, 5) is 36.0. The number of nitro benzene ring substituents is 1. The lowest BCUT2D eigenvalue weighted by atomic mass is 9.85. The van der Waals surface area contributed by atoms with Crippen molar-refractivity contribution in [2.24, 2.45) is 28.8 Å². The molecule has 2 bridgehead atoms. The zero-order valence-electron chi connectivity index (χ0n) is 15.5. The van der Waals surface area contributed by atoms with Crippen LogP contribution >= 0.6 is 0 Å². The van der Waals surface area contributed by atoms with E-state index in [2.05, 4.69) is 5.10 Å². The smallest absolute Gasteiger partial charge is 0.273 e. The number of benzene rings is 1. The second kappa shape index (κ2) is 6.23. The Labute approximate surface area is 165 Å². The molecule has 1 saturated carbocycles. The number of furan rings is 1. The minimum Gasteiger partial charge on any atom is -0.455 e. The molecular weight excluding hydrogens is 374 g/mol. The highest BCUT2D eigenvalue weighted by Gasteiger charge is 2.59. The van der Waals surface area contributed by atoms with Crippen LogP contribution in [0.25, 0.3) is 11.3 Å². The molecule has 5 rings (SSSR count). The molecule has 2 amide bonds. The summed E-state index contributed by atoms with van der Waals surface area (Å²) in [5, 5.41) is 16.2. The first kappa shape index (κ1) is 17.5. The summed E-state index contributed by atoms with van der Waals surface area (Å²) < 4.78 is 5.69. The van der Waals surface area contributed by atoms with Crippen molar-refractivity contribution in [2.45, 2.75) is 13.3 Å². The largest absolute Gasteiger partial charge is 0.455 e. The first-order valence-electron chi connectivity index (χ1n) is 9.39. The van der Waals surface area contributed by atoms with Gasteiger partial charge >= 0.3 is 0 Å². The third-order valence-corrected chi connectivity index (χ3v) is 6.06. The Morgan fingerprint density at radius 1 is 1.14 bits per heavy atom. The Kier molecular flexibility index (Phi) is 3.77. The van der Waals surface area contributed by atoms with Gasteiger partial charge in [0.25, 0.3) is 17.5 Å². The number of rotatable bonds is 4. The van der Waals surface area contributed by atoms with E-state index in [4.69, 9.17) is 4.42 Å². The lowest BCUT2D eigenvalue weighted by Crippen LogP contribution is -2.28. The standard InChI is InChI=1S/C21H17N3O5/c1-11-2-3-12(9-16(11)24(27)28)17-7-6-15(29-17)10-22-23-20(25)18-13-4-5-14(8-13)19(18)21(23)26/h2-7,9-10,13-14,18-19H,8H2,1H3/b22-10-/t13-,14-,18-,19+/m1/s1. The molecule has 29 heavy (non-hydrogen) atoms. The molecule has 0 radical (unpaired) electrons. The highest BCUT2D eigenvalue weighted by molar-refractivity contribution is 6.06. The number of hydrogen-bond donors (Lipinski definition) is 0. The maximum Gasteiger partial charge on any atom is 0.273 e. The summed E-state index contributed by atoms with van der Waals surface area (Å²) in [6, 6.07) is 8.16. The van der Waals surface area contributed by atoms with Crippen molar-refractivity contribution in [2.75, 3.05) is 0 Å². The predicted molar refractivity (Wildman–Crippen MR) is 103 cm³/mol. The summed E-state index contributed by atoms with van der Waals surface area (Å²) in [7, 11) is 0. The van der Waals surface area contributed by atoms with Crippen molar-refractivity contribution in [1.82, 2.24) is 5.01 Å². The van der Waals surface area contributed by atoms with E-state index in [0.29, 0.717) is 22.6 Å². The van der Waals surface area contributed by atoms with Crippen LogP contribution in [0.1, 0.15) is 17.7 Å². The van der Waals surface area contributed by atoms with Gasteiger partial charge in [-0.15, -0.1) is 0 Å². The van der Waals surface area contributed by atoms with E-state index >= 15 is 0 Å². The fourth-order valence-electron chi connectivity index (χ4n) is 4.65. The third kappa shape index (κ3) is 2.63. The number of imide groups is 1. The molecule has 1 aromatic heterocycles. The van der Waals surface area contributed by atoms with Crippen molar-refractivity contribution in [1.29, 1.82) is 0 Å². The maximum absolute atomic E-state index is 12.6. The molecule has 2 fully saturated rings. The fourth-order valence-corrected chi connectivity index (χ4v) is 4.65. The van der Waals surface area contributed by atoms with Gasteiger partial charge in [-0.3, -0.25) is 19.7 Å². The van der Waals surface area contributed by atoms with E-state index in [0.717, 1.165) is 11.4 Å². The zero-order valence-corrected chi connectivity index (χ0v) is 15.5. The lowest BCUT2D eigenvalue weighted by molar-refractivity contribution is -0.385. The molecule has 2 aliphatic carbocycles. The number of aryl methyl sites for hydroxylation is 1. The van der Waals surface area contributed by atoms with E-state index in [9.17, 15) is 19.7 Å². The van der Waals surface area contributed by atoms with Gasteiger partial charge in [-0.2, -0.15) is 10.1 Å². The summed E-state index contributed by atoms with van der Waals surface area (Å²) in [6.07, 6.45) is 6.26. The van der Waals surface area contributed by atoms with Gasteiger partial charge in [0.2, 0.25) is 0 Å². The van der Waals surface area contributed by atoms with Crippen molar-refractivity contribution >= 4 is 23.7 Å². The molecule has 4 atom stereocenters. The molecule has 0 unspecified atom stereocenters. The number of allylic oxidation sites excluding steroid dienone is 2. The molecule has 146 valence electrons. The fraction of sp³-hybridized carbons (Fsp3) is 0.286. The van der Waals surface area contributed by atoms with Crippen molar-refractivity contribution in [3.8, 4) is 11.3 Å². The Balaban J connectivity index is 1.37. The van der Waals surface area contributed by atoms with Gasteiger partial charge in [-0.25, -0.2) is 0 Å². The molecule has 0 N–H and O–H groups in total. The molecule has 1 aliphatic heterocycles. The second-order valence-corrected chi connectivity index (χ2v) is 7.69. The van der Waals surface area contributed by atoms with Gasteiger partial charge in [0.1, 0.15) is 11.5 Å². The van der Waals surface area contributed by atoms with Crippen LogP contribution in [0.4, 0.5) is 5.69 Å². The monoisotopic (exact) mass is 391 g/mol. The van der Waals surface area contributed by atoms with E-state index in [1.54, 1.807) is 31.2 Å². The minimum atomic E-state index is -0.437. The Bertz CT molecular complexity index is 1090. The first-order chi connectivity index (χ1) is 13.9. The molecule has 1 saturated heterocycles. The quantitative estimate of drug-likeness (QED) is 0.261. The molecule has 1 aromatic carbocycles. The number of fused-ring (bicyclic) bond motifs is 5. The van der Waals surface area contributed by atoms with E-state index in [1.165, 1.54) is 12.3 Å². The highest BCUT2D eigenvalue weighted by Crippen LogP contribution is 2.52. The van der Waals surface area contributed by atoms with Crippen molar-refractivity contribution < 1.29 is 18.9 Å². The summed E-state index contributed by atoms with van der Waals surface area (Å²) in [6.45, 7) is 1.67. The molecule has 0 spiro atoms. The lowest BCUT2D eigenvalue weighted by Gasteiger charge is -2.13. The number of carbonyl (C=O) groups excluding carboxylic acids is 2. The van der Waals surface area contributed by atoms with E-state index in [-0.39, 0.29) is 41.2 Å². The number of hydrogen-bond acceptors (Lipinski definition) is 6. The second-order valence-electron chi connectivity index (χ2n) is 7.69. The molecule has 8 nitrogen and oxygen atoms in total. The Hall–Kier alpha value is -3.55. The van der Waals surface area contributed by atoms with E-state index < -0.39 is 4.92 Å². The van der Waals surface area contributed by atoms with Gasteiger partial charge < -0.3 is 4.42 Å². The number of amides is 2. The summed E-state index contributed by atoms with van der Waals surface area (Å²) >= 11 is 0. The van der Waals surface area contributed by atoms with Crippen LogP contribution in [0.2, 0.25) is 0 Å². The van der Waals surface area contributed by atoms with Crippen LogP contribution in [-0.4, -0.2) is 28.0 Å². The normalized spacial score (nSPS) is 27.4. The van der Waals surface area contributed by atoms with E-state index in [1.807, 2.05) is 12.2 Å². The molecular formula is C21H17N3O5. The van der Waals surface area contributed by atoms with Crippen LogP contribution in [0.5, 0.6) is 0 Å². The first-order valence-corrected chi connectivity index (χ1v) is 9.39. The number of carbonyl (C=O) groups is 2. The average molecular weight is 391 g/mol. The summed E-state index contributed by atoms with van der Waals surface area (Å²) in [5.74, 6) is -0.0500.